The molecule has 0 radical (unpaired) electrons. The number of sulfonamides is 1. The molecule has 0 aromatic heterocycles. The number of carbonyl (C=O) groups is 1. The van der Waals surface area contributed by atoms with E-state index < -0.39 is 10.0 Å². The normalized spacial score (nSPS) is 18.0. The number of nitrogens with one attached hydrogen (secondary N) is 1. The van der Waals surface area contributed by atoms with Gasteiger partial charge in [-0.15, -0.1) is 0 Å². The van der Waals surface area contributed by atoms with Crippen LogP contribution in [0.3, 0.4) is 0 Å². The average molecular weight is 401 g/mol. The van der Waals surface area contributed by atoms with Crippen LogP contribution in [0.4, 0.5) is 5.69 Å². The molecule has 5 nitrogen and oxygen atoms in total. The Morgan fingerprint density at radius 1 is 1.00 bits per heavy atom. The smallest absolute Gasteiger partial charge is 0.243 e. The number of piperidine rings is 1. The number of benzene rings is 2. The maximum atomic E-state index is 13.1. The van der Waals surface area contributed by atoms with Crippen LogP contribution in [0.25, 0.3) is 0 Å². The quantitative estimate of drug-likeness (QED) is 0.819. The van der Waals surface area contributed by atoms with Crippen molar-refractivity contribution < 1.29 is 13.2 Å². The number of hydrogen-bond acceptors (Lipinski definition) is 3. The lowest BCUT2D eigenvalue weighted by molar-refractivity contribution is -0.117. The van der Waals surface area contributed by atoms with Crippen molar-refractivity contribution in [3.8, 4) is 0 Å². The molecule has 0 spiro atoms. The third-order valence-corrected chi connectivity index (χ3v) is 7.09. The Morgan fingerprint density at radius 3 is 2.29 bits per heavy atom. The molecular formula is C22H28N2O3S. The maximum absolute atomic E-state index is 13.1. The maximum Gasteiger partial charge on any atom is 0.243 e. The van der Waals surface area contributed by atoms with Gasteiger partial charge in [0.2, 0.25) is 15.9 Å². The van der Waals surface area contributed by atoms with Crippen molar-refractivity contribution >= 4 is 21.6 Å². The van der Waals surface area contributed by atoms with Gasteiger partial charge in [-0.2, -0.15) is 4.31 Å². The zero-order valence-electron chi connectivity index (χ0n) is 16.7. The number of aryl methyl sites for hydroxylation is 3. The summed E-state index contributed by atoms with van der Waals surface area (Å²) in [5, 5.41) is 2.93. The van der Waals surface area contributed by atoms with E-state index in [9.17, 15) is 13.2 Å². The van der Waals surface area contributed by atoms with Crippen LogP contribution in [-0.4, -0.2) is 31.2 Å². The van der Waals surface area contributed by atoms with Crippen LogP contribution in [0.1, 0.15) is 42.4 Å². The minimum absolute atomic E-state index is 0.152. The van der Waals surface area contributed by atoms with Gasteiger partial charge >= 0.3 is 0 Å². The first kappa shape index (κ1) is 20.6. The van der Waals surface area contributed by atoms with Crippen LogP contribution in [0, 0.1) is 20.8 Å². The highest BCUT2D eigenvalue weighted by Gasteiger charge is 2.34. The van der Waals surface area contributed by atoms with Gasteiger partial charge in [0.25, 0.3) is 0 Å². The molecular weight excluding hydrogens is 372 g/mol. The molecule has 1 aliphatic heterocycles. The van der Waals surface area contributed by atoms with E-state index in [0.29, 0.717) is 17.9 Å². The Morgan fingerprint density at radius 2 is 1.64 bits per heavy atom. The molecule has 150 valence electrons. The Balaban J connectivity index is 1.75. The van der Waals surface area contributed by atoms with Crippen LogP contribution in [0.5, 0.6) is 0 Å². The van der Waals surface area contributed by atoms with Crippen LogP contribution < -0.4 is 5.32 Å². The van der Waals surface area contributed by atoms with Gasteiger partial charge in [-0.3, -0.25) is 4.79 Å². The highest BCUT2D eigenvalue weighted by atomic mass is 32.2. The van der Waals surface area contributed by atoms with E-state index in [1.54, 1.807) is 24.3 Å². The minimum Gasteiger partial charge on any atom is -0.326 e. The second kappa shape index (κ2) is 8.45. The van der Waals surface area contributed by atoms with E-state index in [0.717, 1.165) is 35.2 Å². The molecule has 1 saturated heterocycles. The number of hydrogen-bond donors (Lipinski definition) is 1. The summed E-state index contributed by atoms with van der Waals surface area (Å²) in [6.07, 6.45) is 2.62. The summed E-state index contributed by atoms with van der Waals surface area (Å²) < 4.78 is 27.8. The number of anilines is 1. The fraction of sp³-hybridized carbons (Fsp3) is 0.409. The molecule has 1 amide bonds. The molecule has 1 fully saturated rings. The predicted molar refractivity (Wildman–Crippen MR) is 112 cm³/mol. The van der Waals surface area contributed by atoms with Crippen LogP contribution in [-0.2, 0) is 14.8 Å². The van der Waals surface area contributed by atoms with E-state index in [1.807, 2.05) is 39.0 Å². The van der Waals surface area contributed by atoms with Crippen molar-refractivity contribution in [3.63, 3.8) is 0 Å². The summed E-state index contributed by atoms with van der Waals surface area (Å²) in [5.41, 5.74) is 3.93. The fourth-order valence-corrected chi connectivity index (χ4v) is 5.51. The largest absolute Gasteiger partial charge is 0.326 e. The zero-order chi connectivity index (χ0) is 20.3. The Labute approximate surface area is 167 Å². The first-order chi connectivity index (χ1) is 13.3. The summed E-state index contributed by atoms with van der Waals surface area (Å²) in [4.78, 5) is 12.9. The highest BCUT2D eigenvalue weighted by molar-refractivity contribution is 7.89. The fourth-order valence-electron chi connectivity index (χ4n) is 3.81. The molecule has 28 heavy (non-hydrogen) atoms. The number of carbonyl (C=O) groups excluding carboxylic acids is 1. The van der Waals surface area contributed by atoms with Crippen LogP contribution in [0.2, 0.25) is 0 Å². The van der Waals surface area contributed by atoms with Crippen molar-refractivity contribution in [2.75, 3.05) is 11.9 Å². The summed E-state index contributed by atoms with van der Waals surface area (Å²) in [5.74, 6) is -0.152. The van der Waals surface area contributed by atoms with E-state index >= 15 is 0 Å². The topological polar surface area (TPSA) is 66.5 Å². The minimum atomic E-state index is -3.61. The zero-order valence-corrected chi connectivity index (χ0v) is 17.6. The molecule has 2 aromatic carbocycles. The molecule has 1 aliphatic rings. The van der Waals surface area contributed by atoms with E-state index in [-0.39, 0.29) is 18.4 Å². The van der Waals surface area contributed by atoms with Gasteiger partial charge in [-0.05, 0) is 69.0 Å². The van der Waals surface area contributed by atoms with Gasteiger partial charge in [0.15, 0.2) is 0 Å². The summed E-state index contributed by atoms with van der Waals surface area (Å²) in [6, 6.07) is 12.5. The van der Waals surface area contributed by atoms with Crippen LogP contribution in [0.15, 0.2) is 47.4 Å². The van der Waals surface area contributed by atoms with Crippen molar-refractivity contribution in [1.29, 1.82) is 0 Å². The standard InChI is InChI=1S/C22H28N2O3S/c1-16-7-9-21(10-8-16)28(26,27)24-11-5-4-6-20(24)15-22(25)23-19-13-17(2)12-18(3)14-19/h7-10,12-14,20H,4-6,11,15H2,1-3H3,(H,23,25)/t20-/m1/s1. The first-order valence-electron chi connectivity index (χ1n) is 9.72. The van der Waals surface area contributed by atoms with Gasteiger partial charge in [-0.1, -0.05) is 30.2 Å². The summed E-state index contributed by atoms with van der Waals surface area (Å²) in [6.45, 7) is 6.36. The van der Waals surface area contributed by atoms with E-state index in [2.05, 4.69) is 5.32 Å². The van der Waals surface area contributed by atoms with E-state index in [1.165, 1.54) is 4.31 Å². The van der Waals surface area contributed by atoms with Gasteiger partial charge in [-0.25, -0.2) is 8.42 Å². The molecule has 0 unspecified atom stereocenters. The number of rotatable bonds is 5. The SMILES string of the molecule is Cc1ccc(S(=O)(=O)N2CCCC[C@@H]2CC(=O)Nc2cc(C)cc(C)c2)cc1. The average Bonchev–Trinajstić information content (AvgIpc) is 2.61. The van der Waals surface area contributed by atoms with Crippen molar-refractivity contribution in [3.05, 3.63) is 59.2 Å². The predicted octanol–water partition coefficient (Wildman–Crippen LogP) is 4.18. The molecule has 3 rings (SSSR count). The molecule has 0 saturated carbocycles. The lowest BCUT2D eigenvalue weighted by Gasteiger charge is -2.34. The van der Waals surface area contributed by atoms with Gasteiger partial charge in [0.05, 0.1) is 4.90 Å². The summed E-state index contributed by atoms with van der Waals surface area (Å²) >= 11 is 0. The summed E-state index contributed by atoms with van der Waals surface area (Å²) in [7, 11) is -3.61. The van der Waals surface area contributed by atoms with Gasteiger partial charge < -0.3 is 5.32 Å². The molecule has 6 heteroatoms. The molecule has 1 atom stereocenters. The van der Waals surface area contributed by atoms with Crippen LogP contribution >= 0.6 is 0 Å². The Bertz CT molecular complexity index is 932. The first-order valence-corrected chi connectivity index (χ1v) is 11.2. The Kier molecular flexibility index (Phi) is 6.20. The van der Waals surface area contributed by atoms with Gasteiger partial charge in [0.1, 0.15) is 0 Å². The monoisotopic (exact) mass is 400 g/mol. The third-order valence-electron chi connectivity index (χ3n) is 5.13. The van der Waals surface area contributed by atoms with Crippen molar-refractivity contribution in [2.24, 2.45) is 0 Å². The second-order valence-electron chi connectivity index (χ2n) is 7.71. The van der Waals surface area contributed by atoms with E-state index in [4.69, 9.17) is 0 Å². The molecule has 0 aliphatic carbocycles. The van der Waals surface area contributed by atoms with Crippen molar-refractivity contribution in [2.45, 2.75) is 57.4 Å². The number of amides is 1. The Hall–Kier alpha value is -2.18. The molecule has 0 bridgehead atoms. The highest BCUT2D eigenvalue weighted by Crippen LogP contribution is 2.27. The second-order valence-corrected chi connectivity index (χ2v) is 9.60. The third kappa shape index (κ3) is 4.80. The molecule has 1 heterocycles. The lowest BCUT2D eigenvalue weighted by atomic mass is 10.0. The molecule has 1 N–H and O–H groups in total. The lowest BCUT2D eigenvalue weighted by Crippen LogP contribution is -2.45. The molecule has 2 aromatic rings. The van der Waals surface area contributed by atoms with Gasteiger partial charge in [0, 0.05) is 24.7 Å². The van der Waals surface area contributed by atoms with Crippen molar-refractivity contribution in [1.82, 2.24) is 4.31 Å². The number of nitrogens with zero attached hydrogens (tertiary/aromatic N) is 1.